The van der Waals surface area contributed by atoms with Gasteiger partial charge >= 0.3 is 5.97 Å². The average Bonchev–Trinajstić information content (AvgIpc) is 3.55. The van der Waals surface area contributed by atoms with E-state index in [0.717, 1.165) is 65.0 Å². The van der Waals surface area contributed by atoms with E-state index in [1.54, 1.807) is 13.0 Å². The summed E-state index contributed by atoms with van der Waals surface area (Å²) < 4.78 is 11.9. The van der Waals surface area contributed by atoms with Crippen LogP contribution in [0, 0.1) is 5.92 Å². The summed E-state index contributed by atoms with van der Waals surface area (Å²) in [4.78, 5) is 31.3. The summed E-state index contributed by atoms with van der Waals surface area (Å²) in [5.74, 6) is 0.849. The van der Waals surface area contributed by atoms with Gasteiger partial charge in [-0.15, -0.1) is 0 Å². The maximum atomic E-state index is 13.4. The second kappa shape index (κ2) is 14.7. The smallest absolute Gasteiger partial charge is 0.328 e. The molecule has 0 saturated carbocycles. The van der Waals surface area contributed by atoms with E-state index in [9.17, 15) is 9.59 Å². The lowest BCUT2D eigenvalue weighted by Gasteiger charge is -2.23. The number of benzene rings is 4. The molecule has 1 N–H and O–H groups in total. The molecule has 2 atom stereocenters. The lowest BCUT2D eigenvalue weighted by Crippen LogP contribution is -2.43. The predicted octanol–water partition coefficient (Wildman–Crippen LogP) is 8.34. The first-order valence-corrected chi connectivity index (χ1v) is 16.0. The Hall–Kier alpha value is -5.23. The summed E-state index contributed by atoms with van der Waals surface area (Å²) in [7, 11) is 0. The summed E-state index contributed by atoms with van der Waals surface area (Å²) in [6.07, 6.45) is 6.39. The van der Waals surface area contributed by atoms with E-state index < -0.39 is 12.0 Å². The molecule has 1 amide bonds. The van der Waals surface area contributed by atoms with Crippen molar-refractivity contribution in [2.75, 3.05) is 6.61 Å². The van der Waals surface area contributed by atoms with E-state index in [1.165, 1.54) is 0 Å². The van der Waals surface area contributed by atoms with Crippen molar-refractivity contribution >= 4 is 17.4 Å². The quantitative estimate of drug-likeness (QED) is 0.152. The lowest BCUT2D eigenvalue weighted by atomic mass is 9.83. The van der Waals surface area contributed by atoms with E-state index in [2.05, 4.69) is 29.6 Å². The maximum absolute atomic E-state index is 13.4. The van der Waals surface area contributed by atoms with Gasteiger partial charge in [0.15, 0.2) is 5.76 Å². The number of amides is 1. The van der Waals surface area contributed by atoms with Gasteiger partial charge in [0.2, 0.25) is 5.89 Å². The summed E-state index contributed by atoms with van der Waals surface area (Å²) in [5.41, 5.74) is 6.43. The normalized spacial score (nSPS) is 15.1. The highest BCUT2D eigenvalue weighted by molar-refractivity contribution is 5.97. The number of hydrogen-bond donors (Lipinski definition) is 1. The summed E-state index contributed by atoms with van der Waals surface area (Å²) in [6, 6.07) is 36.8. The highest BCUT2D eigenvalue weighted by Gasteiger charge is 2.27. The monoisotopic (exact) mass is 610 g/mol. The van der Waals surface area contributed by atoms with Gasteiger partial charge in [0, 0.05) is 28.7 Å². The van der Waals surface area contributed by atoms with E-state index >= 15 is 0 Å². The lowest BCUT2D eigenvalue weighted by molar-refractivity contribution is -0.145. The third kappa shape index (κ3) is 7.35. The molecule has 46 heavy (non-hydrogen) atoms. The maximum Gasteiger partial charge on any atom is 0.328 e. The zero-order valence-corrected chi connectivity index (χ0v) is 26.0. The first-order valence-electron chi connectivity index (χ1n) is 16.0. The molecule has 0 bridgehead atoms. The van der Waals surface area contributed by atoms with Crippen molar-refractivity contribution in [1.82, 2.24) is 10.3 Å². The summed E-state index contributed by atoms with van der Waals surface area (Å²) in [5, 5.41) is 2.92. The molecule has 0 saturated heterocycles. The molecular weight excluding hydrogens is 572 g/mol. The van der Waals surface area contributed by atoms with Gasteiger partial charge in [-0.3, -0.25) is 4.79 Å². The Bertz CT molecular complexity index is 1740. The van der Waals surface area contributed by atoms with Crippen LogP contribution in [0.4, 0.5) is 0 Å². The SMILES string of the molecule is CCOC(=O)[C@H](Cc1ccccc1)NC(=O)c1cccc(CC2CCCC=C2c2nc(-c3ccccc3)c(-c3ccccc3)o2)c1. The van der Waals surface area contributed by atoms with Crippen LogP contribution in [0.25, 0.3) is 28.2 Å². The van der Waals surface area contributed by atoms with Crippen LogP contribution in [-0.4, -0.2) is 29.5 Å². The van der Waals surface area contributed by atoms with Gasteiger partial charge in [0.25, 0.3) is 5.91 Å². The van der Waals surface area contributed by atoms with Crippen LogP contribution in [-0.2, 0) is 22.4 Å². The predicted molar refractivity (Wildman–Crippen MR) is 181 cm³/mol. The van der Waals surface area contributed by atoms with Crippen LogP contribution >= 0.6 is 0 Å². The third-order valence-corrected chi connectivity index (χ3v) is 8.35. The Morgan fingerprint density at radius 2 is 1.54 bits per heavy atom. The zero-order chi connectivity index (χ0) is 31.7. The number of ether oxygens (including phenoxy) is 1. The van der Waals surface area contributed by atoms with Crippen molar-refractivity contribution in [1.29, 1.82) is 0 Å². The number of allylic oxidation sites excluding steroid dienone is 2. The van der Waals surface area contributed by atoms with E-state index in [4.69, 9.17) is 14.1 Å². The third-order valence-electron chi connectivity index (χ3n) is 8.35. The van der Waals surface area contributed by atoms with E-state index in [1.807, 2.05) is 91.0 Å². The summed E-state index contributed by atoms with van der Waals surface area (Å²) >= 11 is 0. The van der Waals surface area contributed by atoms with Crippen molar-refractivity contribution in [2.24, 2.45) is 5.92 Å². The number of oxazole rings is 1. The van der Waals surface area contributed by atoms with Gasteiger partial charge in [-0.2, -0.15) is 0 Å². The molecule has 4 aromatic carbocycles. The highest BCUT2D eigenvalue weighted by atomic mass is 16.5. The fourth-order valence-corrected chi connectivity index (χ4v) is 6.09. The van der Waals surface area contributed by atoms with Crippen molar-refractivity contribution < 1.29 is 18.7 Å². The van der Waals surface area contributed by atoms with Gasteiger partial charge in [-0.25, -0.2) is 9.78 Å². The van der Waals surface area contributed by atoms with Crippen LogP contribution in [0.5, 0.6) is 0 Å². The number of nitrogens with zero attached hydrogens (tertiary/aromatic N) is 1. The molecule has 6 rings (SSSR count). The molecule has 0 fully saturated rings. The molecule has 1 heterocycles. The first-order chi connectivity index (χ1) is 22.6. The Morgan fingerprint density at radius 1 is 0.870 bits per heavy atom. The highest BCUT2D eigenvalue weighted by Crippen LogP contribution is 2.40. The second-order valence-electron chi connectivity index (χ2n) is 11.6. The zero-order valence-electron chi connectivity index (χ0n) is 26.0. The fourth-order valence-electron chi connectivity index (χ4n) is 6.09. The molecule has 0 spiro atoms. The minimum Gasteiger partial charge on any atom is -0.464 e. The van der Waals surface area contributed by atoms with Crippen molar-refractivity contribution in [3.8, 4) is 22.6 Å². The van der Waals surface area contributed by atoms with Crippen LogP contribution in [0.1, 0.15) is 53.6 Å². The molecule has 1 unspecified atom stereocenters. The van der Waals surface area contributed by atoms with Gasteiger partial charge in [0.05, 0.1) is 6.61 Å². The van der Waals surface area contributed by atoms with E-state index in [0.29, 0.717) is 17.9 Å². The second-order valence-corrected chi connectivity index (χ2v) is 11.6. The van der Waals surface area contributed by atoms with Crippen LogP contribution in [0.2, 0.25) is 0 Å². The molecular formula is C40H38N2O4. The fraction of sp³-hybridized carbons (Fsp3) is 0.225. The molecule has 232 valence electrons. The molecule has 1 aliphatic rings. The minimum atomic E-state index is -0.783. The standard InChI is InChI=1S/C40H38N2O4/c1-2-45-40(44)35(27-28-15-6-3-7-16-28)41-38(43)33-23-14-17-29(26-33)25-32-22-12-13-24-34(32)39-42-36(30-18-8-4-9-19-30)37(46-39)31-20-10-5-11-21-31/h3-11,14-21,23-24,26,32,35H,2,12-13,22,25,27H2,1H3,(H,41,43)/t32?,35-/m0/s1. The first kappa shape index (κ1) is 30.8. The van der Waals surface area contributed by atoms with Gasteiger partial charge in [-0.1, -0.05) is 109 Å². The molecule has 6 nitrogen and oxygen atoms in total. The number of aromatic nitrogens is 1. The molecule has 0 aliphatic heterocycles. The summed E-state index contributed by atoms with van der Waals surface area (Å²) in [6.45, 7) is 2.01. The van der Waals surface area contributed by atoms with Crippen molar-refractivity contribution in [3.05, 3.63) is 144 Å². The van der Waals surface area contributed by atoms with Crippen LogP contribution in [0.15, 0.2) is 126 Å². The van der Waals surface area contributed by atoms with Gasteiger partial charge < -0.3 is 14.5 Å². The Morgan fingerprint density at radius 3 is 2.26 bits per heavy atom. The van der Waals surface area contributed by atoms with Crippen molar-refractivity contribution in [3.63, 3.8) is 0 Å². The number of rotatable bonds is 11. The molecule has 1 aliphatic carbocycles. The Kier molecular flexibility index (Phi) is 9.84. The number of carbonyl (C=O) groups excluding carboxylic acids is 2. The van der Waals surface area contributed by atoms with Crippen LogP contribution in [0.3, 0.4) is 0 Å². The Labute approximate surface area is 270 Å². The molecule has 6 heteroatoms. The van der Waals surface area contributed by atoms with E-state index in [-0.39, 0.29) is 18.4 Å². The van der Waals surface area contributed by atoms with Crippen molar-refractivity contribution in [2.45, 2.75) is 45.1 Å². The molecule has 0 radical (unpaired) electrons. The van der Waals surface area contributed by atoms with Gasteiger partial charge in [-0.05, 0) is 61.8 Å². The molecule has 5 aromatic rings. The topological polar surface area (TPSA) is 81.4 Å². The number of esters is 1. The van der Waals surface area contributed by atoms with Crippen LogP contribution < -0.4 is 5.32 Å². The minimum absolute atomic E-state index is 0.184. The van der Waals surface area contributed by atoms with Gasteiger partial charge in [0.1, 0.15) is 11.7 Å². The molecule has 1 aromatic heterocycles. The largest absolute Gasteiger partial charge is 0.464 e. The average molecular weight is 611 g/mol. The number of nitrogens with one attached hydrogen (secondary N) is 1. The Balaban J connectivity index is 1.23. The number of carbonyl (C=O) groups is 2. The number of hydrogen-bond acceptors (Lipinski definition) is 5.